The molecule has 0 saturated carbocycles. The molecule has 0 aliphatic heterocycles. The Balaban J connectivity index is 1.78. The first-order valence-electron chi connectivity index (χ1n) is 8.26. The van der Waals surface area contributed by atoms with E-state index in [1.54, 1.807) is 36.4 Å². The van der Waals surface area contributed by atoms with Gasteiger partial charge in [-0.15, -0.1) is 0 Å². The Bertz CT molecular complexity index is 933. The first-order chi connectivity index (χ1) is 13.1. The summed E-state index contributed by atoms with van der Waals surface area (Å²) in [4.78, 5) is 24.9. The molecule has 27 heavy (non-hydrogen) atoms. The Kier molecular flexibility index (Phi) is 6.07. The maximum atomic E-state index is 12.6. The molecule has 136 valence electrons. The van der Waals surface area contributed by atoms with Crippen LogP contribution in [0.15, 0.2) is 83.1 Å². The van der Waals surface area contributed by atoms with E-state index < -0.39 is 11.8 Å². The molecule has 0 atom stereocenters. The number of hydrogen-bond acceptors (Lipinski definition) is 3. The van der Waals surface area contributed by atoms with Crippen molar-refractivity contribution in [2.75, 3.05) is 0 Å². The molecule has 3 aromatic rings. The van der Waals surface area contributed by atoms with Gasteiger partial charge in [-0.2, -0.15) is 0 Å². The van der Waals surface area contributed by atoms with E-state index >= 15 is 0 Å². The van der Waals surface area contributed by atoms with Crippen molar-refractivity contribution >= 4 is 29.5 Å². The molecule has 1 heterocycles. The number of hydrogen-bond donors (Lipinski definition) is 2. The van der Waals surface area contributed by atoms with E-state index in [1.165, 1.54) is 12.3 Å². The highest BCUT2D eigenvalue weighted by Gasteiger charge is 2.16. The van der Waals surface area contributed by atoms with Crippen LogP contribution in [0.4, 0.5) is 0 Å². The molecule has 0 aliphatic rings. The average Bonchev–Trinajstić information content (AvgIpc) is 3.23. The van der Waals surface area contributed by atoms with E-state index in [0.29, 0.717) is 11.6 Å². The topological polar surface area (TPSA) is 71.3 Å². The Morgan fingerprint density at radius 3 is 2.37 bits per heavy atom. The van der Waals surface area contributed by atoms with E-state index in [0.717, 1.165) is 11.1 Å². The standard InChI is InChI=1S/C21H17ClN2O3/c22-17-10-8-15(9-11-17)13-18(24-21(26)19-7-4-12-27-19)20(25)23-14-16-5-2-1-3-6-16/h1-13H,14H2,(H,23,25)(H,24,26)/b18-13+. The van der Waals surface area contributed by atoms with Crippen LogP contribution in [0.3, 0.4) is 0 Å². The van der Waals surface area contributed by atoms with Gasteiger partial charge in [0.25, 0.3) is 11.8 Å². The lowest BCUT2D eigenvalue weighted by molar-refractivity contribution is -0.117. The molecule has 2 aromatic carbocycles. The summed E-state index contributed by atoms with van der Waals surface area (Å²) in [5.41, 5.74) is 1.78. The predicted molar refractivity (Wildman–Crippen MR) is 104 cm³/mol. The quantitative estimate of drug-likeness (QED) is 0.634. The largest absolute Gasteiger partial charge is 0.459 e. The van der Waals surface area contributed by atoms with Crippen molar-refractivity contribution in [2.24, 2.45) is 0 Å². The van der Waals surface area contributed by atoms with Crippen LogP contribution in [0.25, 0.3) is 6.08 Å². The normalized spacial score (nSPS) is 11.1. The predicted octanol–water partition coefficient (Wildman–Crippen LogP) is 4.02. The summed E-state index contributed by atoms with van der Waals surface area (Å²) in [6.45, 7) is 0.342. The maximum Gasteiger partial charge on any atom is 0.291 e. The summed E-state index contributed by atoms with van der Waals surface area (Å²) in [6.07, 6.45) is 2.98. The van der Waals surface area contributed by atoms with Gasteiger partial charge in [0.1, 0.15) is 5.70 Å². The van der Waals surface area contributed by atoms with Crippen molar-refractivity contribution in [3.05, 3.63) is 101 Å². The molecule has 1 aromatic heterocycles. The van der Waals surface area contributed by atoms with Crippen LogP contribution in [0, 0.1) is 0 Å². The van der Waals surface area contributed by atoms with E-state index in [9.17, 15) is 9.59 Å². The van der Waals surface area contributed by atoms with Gasteiger partial charge in [-0.1, -0.05) is 54.1 Å². The average molecular weight is 381 g/mol. The molecule has 2 amide bonds. The number of furan rings is 1. The highest BCUT2D eigenvalue weighted by Crippen LogP contribution is 2.13. The van der Waals surface area contributed by atoms with Gasteiger partial charge in [0.15, 0.2) is 5.76 Å². The van der Waals surface area contributed by atoms with Crippen LogP contribution < -0.4 is 10.6 Å². The van der Waals surface area contributed by atoms with Crippen molar-refractivity contribution in [1.82, 2.24) is 10.6 Å². The van der Waals surface area contributed by atoms with Crippen LogP contribution >= 0.6 is 11.6 Å². The molecule has 2 N–H and O–H groups in total. The third-order valence-corrected chi connectivity index (χ3v) is 3.97. The molecule has 0 aliphatic carbocycles. The van der Waals surface area contributed by atoms with Gasteiger partial charge in [0.2, 0.25) is 0 Å². The Morgan fingerprint density at radius 2 is 1.70 bits per heavy atom. The summed E-state index contributed by atoms with van der Waals surface area (Å²) in [5.74, 6) is -0.795. The number of amides is 2. The zero-order valence-electron chi connectivity index (χ0n) is 14.3. The lowest BCUT2D eigenvalue weighted by Gasteiger charge is -2.10. The van der Waals surface area contributed by atoms with Gasteiger partial charge in [-0.25, -0.2) is 0 Å². The second-order valence-corrected chi connectivity index (χ2v) is 6.15. The second kappa shape index (κ2) is 8.87. The number of nitrogens with one attached hydrogen (secondary N) is 2. The minimum atomic E-state index is -0.505. The van der Waals surface area contributed by atoms with Crippen molar-refractivity contribution in [3.63, 3.8) is 0 Å². The lowest BCUT2D eigenvalue weighted by atomic mass is 10.1. The Labute approximate surface area is 161 Å². The zero-order chi connectivity index (χ0) is 19.1. The Morgan fingerprint density at radius 1 is 0.963 bits per heavy atom. The minimum Gasteiger partial charge on any atom is -0.459 e. The van der Waals surface area contributed by atoms with Crippen molar-refractivity contribution in [2.45, 2.75) is 6.54 Å². The Hall–Kier alpha value is -3.31. The molecule has 6 heteroatoms. The molecule has 0 saturated heterocycles. The van der Waals surface area contributed by atoms with Crippen molar-refractivity contribution in [3.8, 4) is 0 Å². The smallest absolute Gasteiger partial charge is 0.291 e. The van der Waals surface area contributed by atoms with E-state index in [4.69, 9.17) is 16.0 Å². The van der Waals surface area contributed by atoms with Gasteiger partial charge >= 0.3 is 0 Å². The second-order valence-electron chi connectivity index (χ2n) is 5.71. The SMILES string of the molecule is O=C(NCc1ccccc1)/C(=C\c1ccc(Cl)cc1)NC(=O)c1ccco1. The lowest BCUT2D eigenvalue weighted by Crippen LogP contribution is -2.34. The fraction of sp³-hybridized carbons (Fsp3) is 0.0476. The molecular formula is C21H17ClN2O3. The van der Waals surface area contributed by atoms with Crippen molar-refractivity contribution < 1.29 is 14.0 Å². The highest BCUT2D eigenvalue weighted by atomic mass is 35.5. The maximum absolute atomic E-state index is 12.6. The van der Waals surface area contributed by atoms with Gasteiger partial charge in [-0.05, 0) is 41.5 Å². The summed E-state index contributed by atoms with van der Waals surface area (Å²) < 4.78 is 5.08. The first-order valence-corrected chi connectivity index (χ1v) is 8.64. The third-order valence-electron chi connectivity index (χ3n) is 3.71. The van der Waals surface area contributed by atoms with Crippen LogP contribution in [-0.4, -0.2) is 11.8 Å². The molecule has 0 radical (unpaired) electrons. The molecule has 0 spiro atoms. The summed E-state index contributed by atoms with van der Waals surface area (Å²) >= 11 is 5.90. The van der Waals surface area contributed by atoms with Crippen LogP contribution in [0.2, 0.25) is 5.02 Å². The number of halogens is 1. The molecule has 0 fully saturated rings. The van der Waals surface area contributed by atoms with E-state index in [2.05, 4.69) is 10.6 Å². The first kappa shape index (κ1) is 18.5. The summed E-state index contributed by atoms with van der Waals surface area (Å²) in [7, 11) is 0. The van der Waals surface area contributed by atoms with E-state index in [1.807, 2.05) is 30.3 Å². The van der Waals surface area contributed by atoms with Gasteiger partial charge in [0, 0.05) is 11.6 Å². The van der Waals surface area contributed by atoms with Crippen molar-refractivity contribution in [1.29, 1.82) is 0 Å². The van der Waals surface area contributed by atoms with Gasteiger partial charge < -0.3 is 15.1 Å². The summed E-state index contributed by atoms with van der Waals surface area (Å²) in [6, 6.07) is 19.6. The fourth-order valence-electron chi connectivity index (χ4n) is 2.35. The van der Waals surface area contributed by atoms with Crippen LogP contribution in [-0.2, 0) is 11.3 Å². The number of carbonyl (C=O) groups excluding carboxylic acids is 2. The molecule has 0 unspecified atom stereocenters. The summed E-state index contributed by atoms with van der Waals surface area (Å²) in [5, 5.41) is 5.99. The third kappa shape index (κ3) is 5.33. The monoisotopic (exact) mass is 380 g/mol. The number of carbonyl (C=O) groups is 2. The molecule has 5 nitrogen and oxygen atoms in total. The van der Waals surface area contributed by atoms with E-state index in [-0.39, 0.29) is 11.5 Å². The number of benzene rings is 2. The molecule has 0 bridgehead atoms. The molecular weight excluding hydrogens is 364 g/mol. The molecule has 3 rings (SSSR count). The fourth-order valence-corrected chi connectivity index (χ4v) is 2.48. The highest BCUT2D eigenvalue weighted by molar-refractivity contribution is 6.30. The zero-order valence-corrected chi connectivity index (χ0v) is 15.1. The van der Waals surface area contributed by atoms with Gasteiger partial charge in [0.05, 0.1) is 6.26 Å². The van der Waals surface area contributed by atoms with Crippen LogP contribution in [0.5, 0.6) is 0 Å². The van der Waals surface area contributed by atoms with Crippen LogP contribution in [0.1, 0.15) is 21.7 Å². The van der Waals surface area contributed by atoms with Gasteiger partial charge in [-0.3, -0.25) is 9.59 Å². The minimum absolute atomic E-state index is 0.106. The number of rotatable bonds is 6.